The second-order valence-corrected chi connectivity index (χ2v) is 8.60. The van der Waals surface area contributed by atoms with Crippen LogP contribution in [0.4, 0.5) is 0 Å². The van der Waals surface area contributed by atoms with Crippen molar-refractivity contribution in [3.63, 3.8) is 0 Å². The van der Waals surface area contributed by atoms with Crippen LogP contribution in [0.3, 0.4) is 0 Å². The minimum absolute atomic E-state index is 0. The van der Waals surface area contributed by atoms with E-state index < -0.39 is 0 Å². The summed E-state index contributed by atoms with van der Waals surface area (Å²) in [7, 11) is 0. The largest absolute Gasteiger partial charge is 0.487 e. The van der Waals surface area contributed by atoms with Crippen LogP contribution in [0.25, 0.3) is 0 Å². The van der Waals surface area contributed by atoms with Crippen molar-refractivity contribution in [3.05, 3.63) is 29.3 Å². The normalized spacial score (nSPS) is 19.4. The van der Waals surface area contributed by atoms with Gasteiger partial charge in [-0.25, -0.2) is 0 Å². The summed E-state index contributed by atoms with van der Waals surface area (Å²) in [6.07, 6.45) is 8.68. The Kier molecular flexibility index (Phi) is 9.93. The molecule has 1 aromatic rings. The van der Waals surface area contributed by atoms with Crippen LogP contribution in [0.2, 0.25) is 0 Å². The van der Waals surface area contributed by atoms with E-state index in [0.29, 0.717) is 19.1 Å². The Morgan fingerprint density at radius 3 is 2.14 bits per heavy atom. The van der Waals surface area contributed by atoms with Crippen LogP contribution in [-0.2, 0) is 37.5 Å². The Bertz CT molecular complexity index is 601. The van der Waals surface area contributed by atoms with Gasteiger partial charge in [-0.05, 0) is 69.9 Å². The Morgan fingerprint density at radius 1 is 0.964 bits per heavy atom. The van der Waals surface area contributed by atoms with Crippen molar-refractivity contribution in [1.29, 1.82) is 0 Å². The van der Waals surface area contributed by atoms with Crippen molar-refractivity contribution < 1.29 is 46.7 Å². The number of aryl methyl sites for hydroxylation is 2. The summed E-state index contributed by atoms with van der Waals surface area (Å²) in [5.41, 5.74) is 2.39. The molecule has 1 amide bonds. The van der Waals surface area contributed by atoms with Gasteiger partial charge >= 0.3 is 0 Å². The van der Waals surface area contributed by atoms with Crippen molar-refractivity contribution in [3.8, 4) is 5.75 Å². The van der Waals surface area contributed by atoms with Crippen LogP contribution in [0, 0.1) is 13.8 Å². The molecule has 1 radical (unpaired) electrons. The number of para-hydroxylation sites is 1. The number of amides is 1. The quantitative estimate of drug-likeness (QED) is 0.597. The van der Waals surface area contributed by atoms with Crippen LogP contribution < -0.4 is 4.74 Å². The molecule has 2 fully saturated rings. The Hall–Kier alpha value is -0.446. The molecule has 0 saturated carbocycles. The zero-order valence-corrected chi connectivity index (χ0v) is 20.8. The molecule has 2 aliphatic heterocycles. The first kappa shape index (κ1) is 23.8. The van der Waals surface area contributed by atoms with E-state index >= 15 is 0 Å². The molecule has 1 aromatic carbocycles. The van der Waals surface area contributed by atoms with Crippen LogP contribution in [0.15, 0.2) is 18.2 Å². The van der Waals surface area contributed by atoms with Gasteiger partial charge in [0.25, 0.3) is 5.91 Å². The smallest absolute Gasteiger partial charge is 0.277 e. The van der Waals surface area contributed by atoms with E-state index in [4.69, 9.17) is 4.74 Å². The third-order valence-corrected chi connectivity index (χ3v) is 6.42. The van der Waals surface area contributed by atoms with Gasteiger partial charge in [0.1, 0.15) is 18.9 Å². The van der Waals surface area contributed by atoms with Gasteiger partial charge in [-0.1, -0.05) is 18.2 Å². The minimum atomic E-state index is 0. The van der Waals surface area contributed by atoms with Gasteiger partial charge in [0.15, 0.2) is 6.54 Å². The average Bonchev–Trinajstić information content (AvgIpc) is 2.91. The molecular weight excluding hydrogens is 425 g/mol. The first-order chi connectivity index (χ1) is 13.1. The summed E-state index contributed by atoms with van der Waals surface area (Å²) < 4.78 is 7.14. The second kappa shape index (κ2) is 11.7. The maximum Gasteiger partial charge on any atom is 0.277 e. The fourth-order valence-corrected chi connectivity index (χ4v) is 4.72. The number of carbonyl (C=O) groups excluding carboxylic acids is 1. The van der Waals surface area contributed by atoms with Gasteiger partial charge in [0.2, 0.25) is 0 Å². The van der Waals surface area contributed by atoms with Gasteiger partial charge in [-0.2, -0.15) is 0 Å². The van der Waals surface area contributed by atoms with E-state index in [1.54, 1.807) is 0 Å². The van der Waals surface area contributed by atoms with Crippen molar-refractivity contribution in [1.82, 2.24) is 4.90 Å². The fraction of sp³-hybridized carbons (Fsp3) is 0.696. The van der Waals surface area contributed by atoms with Gasteiger partial charge in [-0.3, -0.25) is 4.79 Å². The molecule has 0 bridgehead atoms. The number of benzene rings is 1. The molecule has 0 spiro atoms. The molecule has 4 nitrogen and oxygen atoms in total. The molecule has 0 N–H and O–H groups in total. The third-order valence-electron chi connectivity index (χ3n) is 6.42. The molecule has 0 unspecified atom stereocenters. The average molecular weight is 462 g/mol. The number of piperidine rings is 1. The van der Waals surface area contributed by atoms with Gasteiger partial charge in [-0.15, -0.1) is 0 Å². The number of likely N-dealkylation sites (tertiary alicyclic amines) is 2. The number of quaternary nitrogens is 1. The zero-order chi connectivity index (χ0) is 19.1. The van der Waals surface area contributed by atoms with Crippen LogP contribution in [0.5, 0.6) is 5.75 Å². The Morgan fingerprint density at radius 2 is 1.54 bits per heavy atom. The van der Waals surface area contributed by atoms with Gasteiger partial charge in [0, 0.05) is 45.8 Å². The second-order valence-electron chi connectivity index (χ2n) is 8.60. The summed E-state index contributed by atoms with van der Waals surface area (Å²) in [6.45, 7) is 10.7. The van der Waals surface area contributed by atoms with Gasteiger partial charge in [0.05, 0.1) is 13.1 Å². The summed E-state index contributed by atoms with van der Waals surface area (Å²) in [4.78, 5) is 15.1. The minimum Gasteiger partial charge on any atom is -0.487 e. The molecule has 2 heterocycles. The summed E-state index contributed by atoms with van der Waals surface area (Å²) in [5, 5.41) is 0. The Balaban J connectivity index is 0.00000280. The maximum absolute atomic E-state index is 13.0. The number of carbonyl (C=O) groups is 1. The summed E-state index contributed by atoms with van der Waals surface area (Å²) in [5.74, 6) is 1.39. The number of rotatable bonds is 6. The topological polar surface area (TPSA) is 29.5 Å². The van der Waals surface area contributed by atoms with Crippen molar-refractivity contribution in [2.45, 2.75) is 58.8 Å². The molecule has 0 aromatic heterocycles. The van der Waals surface area contributed by atoms with E-state index in [1.165, 1.54) is 56.1 Å². The molecule has 0 aliphatic carbocycles. The predicted molar refractivity (Wildman–Crippen MR) is 110 cm³/mol. The molecule has 28 heavy (non-hydrogen) atoms. The van der Waals surface area contributed by atoms with Crippen molar-refractivity contribution in [2.24, 2.45) is 0 Å². The number of ether oxygens (including phenoxy) is 1. The molecule has 2 saturated heterocycles. The standard InChI is InChI=1S/C23H37N2O2.Y/c1-20-11-10-12-21(2)23(20)27-18-17-25(15-8-3-4-9-16-25)19-22(26)24-13-6-5-7-14-24;/h10-12H,3-9,13-19H2,1-2H3;/q+1;. The van der Waals surface area contributed by atoms with E-state index in [0.717, 1.165) is 43.0 Å². The third kappa shape index (κ3) is 6.54. The van der Waals surface area contributed by atoms with Gasteiger partial charge < -0.3 is 14.1 Å². The van der Waals surface area contributed by atoms with E-state index in [1.807, 2.05) is 0 Å². The molecule has 2 aliphatic rings. The predicted octanol–water partition coefficient (Wildman–Crippen LogP) is 4.08. The summed E-state index contributed by atoms with van der Waals surface area (Å²) in [6, 6.07) is 6.30. The van der Waals surface area contributed by atoms with Crippen molar-refractivity contribution >= 4 is 5.91 Å². The van der Waals surface area contributed by atoms with E-state index in [9.17, 15) is 4.79 Å². The number of hydrogen-bond donors (Lipinski definition) is 0. The van der Waals surface area contributed by atoms with E-state index in [2.05, 4.69) is 36.9 Å². The van der Waals surface area contributed by atoms with Crippen LogP contribution in [-0.4, -0.2) is 61.2 Å². The van der Waals surface area contributed by atoms with Crippen molar-refractivity contribution in [2.75, 3.05) is 45.9 Å². The molecule has 0 atom stereocenters. The first-order valence-corrected chi connectivity index (χ1v) is 10.9. The maximum atomic E-state index is 13.0. The molecule has 3 rings (SSSR count). The number of hydrogen-bond acceptors (Lipinski definition) is 2. The molecule has 5 heteroatoms. The fourth-order valence-electron chi connectivity index (χ4n) is 4.72. The first-order valence-electron chi connectivity index (χ1n) is 10.9. The zero-order valence-electron chi connectivity index (χ0n) is 17.9. The molecular formula is C23H37N2O2Y+. The van der Waals surface area contributed by atoms with Crippen LogP contribution in [0.1, 0.15) is 56.1 Å². The Labute approximate surface area is 196 Å². The monoisotopic (exact) mass is 462 g/mol. The number of nitrogens with zero attached hydrogens (tertiary/aromatic N) is 2. The SMILES string of the molecule is Cc1cccc(C)c1OCC[N+]1(CC(=O)N2CCCCC2)CCCCCC1.[Y]. The molecule has 153 valence electrons. The van der Waals surface area contributed by atoms with E-state index in [-0.39, 0.29) is 32.7 Å². The summed E-state index contributed by atoms with van der Waals surface area (Å²) >= 11 is 0. The van der Waals surface area contributed by atoms with Crippen LogP contribution >= 0.6 is 0 Å².